The van der Waals surface area contributed by atoms with Gasteiger partial charge in [-0.3, -0.25) is 18.7 Å². The maximum atomic E-state index is 13.2. The number of imidazole rings is 1. The Labute approximate surface area is 177 Å². The molecule has 0 unspecified atom stereocenters. The Kier molecular flexibility index (Phi) is 5.19. The molecule has 0 amide bonds. The van der Waals surface area contributed by atoms with Crippen molar-refractivity contribution in [2.45, 2.75) is 45.9 Å². The lowest BCUT2D eigenvalue weighted by atomic mass is 10.1. The number of rotatable bonds is 5. The first-order valence-corrected chi connectivity index (χ1v) is 10.2. The molecule has 0 saturated carbocycles. The number of fused-ring (bicyclic) bond motifs is 1. The summed E-state index contributed by atoms with van der Waals surface area (Å²) >= 11 is 6.25. The molecule has 0 aliphatic carbocycles. The van der Waals surface area contributed by atoms with E-state index in [0.717, 1.165) is 35.4 Å². The quantitative estimate of drug-likeness (QED) is 0.449. The molecule has 1 atom stereocenters. The number of aryl methyl sites for hydroxylation is 2. The molecule has 0 spiro atoms. The van der Waals surface area contributed by atoms with Gasteiger partial charge >= 0.3 is 5.69 Å². The zero-order chi connectivity index (χ0) is 21.7. The van der Waals surface area contributed by atoms with Crippen molar-refractivity contribution in [3.8, 4) is 0 Å². The van der Waals surface area contributed by atoms with Crippen LogP contribution in [0.15, 0.2) is 15.7 Å². The summed E-state index contributed by atoms with van der Waals surface area (Å²) in [6.45, 7) is 5.21. The summed E-state index contributed by atoms with van der Waals surface area (Å²) in [4.78, 5) is 42.1. The van der Waals surface area contributed by atoms with Crippen LogP contribution in [0, 0.1) is 13.8 Å². The largest absolute Gasteiger partial charge is 0.376 e. The third kappa shape index (κ3) is 3.22. The summed E-state index contributed by atoms with van der Waals surface area (Å²) < 4.78 is 11.4. The van der Waals surface area contributed by atoms with Gasteiger partial charge < -0.3 is 13.9 Å². The van der Waals surface area contributed by atoms with Crippen LogP contribution in [-0.4, -0.2) is 41.7 Å². The van der Waals surface area contributed by atoms with Crippen LogP contribution in [0.2, 0.25) is 5.28 Å². The fourth-order valence-electron chi connectivity index (χ4n) is 4.15. The topological polar surface area (TPSA) is 93.1 Å². The predicted octanol–water partition coefficient (Wildman–Crippen LogP) is 1.57. The van der Waals surface area contributed by atoms with Gasteiger partial charge in [-0.15, -0.1) is 0 Å². The molecule has 0 bridgehead atoms. The lowest BCUT2D eigenvalue weighted by Crippen LogP contribution is -2.37. The number of carbonyl (C=O) groups excluding carboxylic acids is 1. The van der Waals surface area contributed by atoms with E-state index in [1.807, 2.05) is 19.9 Å². The number of carbonyl (C=O) groups is 1. The molecule has 0 radical (unpaired) electrons. The van der Waals surface area contributed by atoms with E-state index in [-0.39, 0.29) is 34.9 Å². The Bertz CT molecular complexity index is 1270. The van der Waals surface area contributed by atoms with E-state index in [1.165, 1.54) is 23.2 Å². The van der Waals surface area contributed by atoms with Crippen molar-refractivity contribution in [3.63, 3.8) is 0 Å². The van der Waals surface area contributed by atoms with Gasteiger partial charge in [-0.2, -0.15) is 4.98 Å². The molecule has 1 fully saturated rings. The van der Waals surface area contributed by atoms with Crippen LogP contribution in [0.4, 0.5) is 0 Å². The first-order chi connectivity index (χ1) is 14.2. The molecule has 9 nitrogen and oxygen atoms in total. The minimum atomic E-state index is -0.538. The Balaban J connectivity index is 1.72. The van der Waals surface area contributed by atoms with Gasteiger partial charge in [0.2, 0.25) is 5.28 Å². The summed E-state index contributed by atoms with van der Waals surface area (Å²) in [5, 5.41) is -0.00943. The first kappa shape index (κ1) is 20.6. The predicted molar refractivity (Wildman–Crippen MR) is 112 cm³/mol. The Morgan fingerprint density at radius 2 is 1.97 bits per heavy atom. The normalized spacial score (nSPS) is 16.6. The minimum absolute atomic E-state index is 0.00943. The van der Waals surface area contributed by atoms with E-state index in [9.17, 15) is 14.4 Å². The molecule has 1 saturated heterocycles. The summed E-state index contributed by atoms with van der Waals surface area (Å²) in [6.07, 6.45) is 2.23. The summed E-state index contributed by atoms with van der Waals surface area (Å²) in [7, 11) is 2.90. The van der Waals surface area contributed by atoms with E-state index in [4.69, 9.17) is 16.3 Å². The van der Waals surface area contributed by atoms with E-state index in [1.54, 1.807) is 0 Å². The van der Waals surface area contributed by atoms with Crippen molar-refractivity contribution in [2.75, 3.05) is 6.61 Å². The Hall–Kier alpha value is -2.65. The van der Waals surface area contributed by atoms with Gasteiger partial charge in [0.1, 0.15) is 0 Å². The lowest BCUT2D eigenvalue weighted by Gasteiger charge is -2.15. The van der Waals surface area contributed by atoms with Crippen molar-refractivity contribution in [3.05, 3.63) is 49.1 Å². The summed E-state index contributed by atoms with van der Waals surface area (Å²) in [5.41, 5.74) is 1.66. The molecular weight excluding hydrogens is 410 g/mol. The number of nitrogens with zero attached hydrogens (tertiary/aromatic N) is 5. The fraction of sp³-hybridized carbons (Fsp3) is 0.500. The maximum Gasteiger partial charge on any atom is 0.332 e. The number of halogens is 1. The number of hydrogen-bond donors (Lipinski definition) is 0. The molecule has 30 heavy (non-hydrogen) atoms. The maximum absolute atomic E-state index is 13.2. The van der Waals surface area contributed by atoms with E-state index in [2.05, 4.69) is 9.55 Å². The zero-order valence-electron chi connectivity index (χ0n) is 17.4. The van der Waals surface area contributed by atoms with E-state index >= 15 is 0 Å². The van der Waals surface area contributed by atoms with Crippen molar-refractivity contribution < 1.29 is 9.53 Å². The molecule has 1 aliphatic heterocycles. The molecular formula is C20H24ClN5O4. The molecule has 10 heteroatoms. The van der Waals surface area contributed by atoms with Crippen LogP contribution in [0.1, 0.15) is 34.6 Å². The number of ketones is 1. The highest BCUT2D eigenvalue weighted by Gasteiger charge is 2.24. The monoisotopic (exact) mass is 433 g/mol. The second-order valence-electron chi connectivity index (χ2n) is 7.80. The number of aromatic nitrogens is 5. The van der Waals surface area contributed by atoms with E-state index < -0.39 is 11.2 Å². The Morgan fingerprint density at radius 1 is 1.23 bits per heavy atom. The van der Waals surface area contributed by atoms with Gasteiger partial charge in [0.15, 0.2) is 16.9 Å². The third-order valence-electron chi connectivity index (χ3n) is 5.89. The number of hydrogen-bond acceptors (Lipinski definition) is 5. The number of Topliss-reactive ketones (excluding diaryl/α,β-unsaturated/α-hetero) is 1. The van der Waals surface area contributed by atoms with E-state index in [0.29, 0.717) is 12.1 Å². The Morgan fingerprint density at radius 3 is 2.63 bits per heavy atom. The highest BCUT2D eigenvalue weighted by atomic mass is 35.5. The van der Waals surface area contributed by atoms with Gasteiger partial charge in [-0.1, -0.05) is 0 Å². The molecule has 0 aromatic carbocycles. The molecule has 4 rings (SSSR count). The van der Waals surface area contributed by atoms with Gasteiger partial charge in [0, 0.05) is 44.2 Å². The summed E-state index contributed by atoms with van der Waals surface area (Å²) in [6, 6.07) is 1.85. The minimum Gasteiger partial charge on any atom is -0.376 e. The van der Waals surface area contributed by atoms with Crippen LogP contribution < -0.4 is 11.2 Å². The molecule has 4 heterocycles. The third-order valence-corrected chi connectivity index (χ3v) is 6.18. The van der Waals surface area contributed by atoms with Crippen LogP contribution in [0.3, 0.4) is 0 Å². The highest BCUT2D eigenvalue weighted by molar-refractivity contribution is 6.29. The second-order valence-corrected chi connectivity index (χ2v) is 8.14. The smallest absolute Gasteiger partial charge is 0.332 e. The van der Waals surface area contributed by atoms with Crippen molar-refractivity contribution in [2.24, 2.45) is 14.1 Å². The molecule has 1 aliphatic rings. The lowest BCUT2D eigenvalue weighted by molar-refractivity contribution is 0.0949. The second kappa shape index (κ2) is 7.55. The molecule has 0 N–H and O–H groups in total. The number of ether oxygens (including phenoxy) is 1. The van der Waals surface area contributed by atoms with Crippen molar-refractivity contribution in [1.29, 1.82) is 0 Å². The van der Waals surface area contributed by atoms with Crippen LogP contribution >= 0.6 is 11.6 Å². The van der Waals surface area contributed by atoms with Crippen LogP contribution in [0.25, 0.3) is 11.2 Å². The van der Waals surface area contributed by atoms with Gasteiger partial charge in [0.05, 0.1) is 12.6 Å². The zero-order valence-corrected chi connectivity index (χ0v) is 18.2. The molecule has 3 aromatic rings. The highest BCUT2D eigenvalue weighted by Crippen LogP contribution is 2.22. The van der Waals surface area contributed by atoms with Crippen molar-refractivity contribution >= 4 is 28.5 Å². The summed E-state index contributed by atoms with van der Waals surface area (Å²) in [5.74, 6) is -0.182. The molecule has 160 valence electrons. The van der Waals surface area contributed by atoms with Crippen molar-refractivity contribution in [1.82, 2.24) is 23.3 Å². The van der Waals surface area contributed by atoms with Gasteiger partial charge in [-0.05, 0) is 44.4 Å². The van der Waals surface area contributed by atoms with Gasteiger partial charge in [-0.25, -0.2) is 4.79 Å². The average molecular weight is 434 g/mol. The van der Waals surface area contributed by atoms with Gasteiger partial charge in [0.25, 0.3) is 5.56 Å². The SMILES string of the molecule is Cc1cc(C(=O)Cn2c(Cl)nc3c2c(=O)n(C)c(=O)n3C)c(C)n1C[C@H]1CCCO1. The van der Waals surface area contributed by atoms with Crippen LogP contribution in [-0.2, 0) is 31.9 Å². The molecule has 3 aromatic heterocycles. The standard InChI is InChI=1S/C20H24ClN5O4/c1-11-8-14(12(2)25(11)9-13-6-5-7-30-13)15(27)10-26-16-17(22-19(26)21)23(3)20(29)24(4)18(16)28/h8,13H,5-7,9-10H2,1-4H3/t13-/m1/s1. The first-order valence-electron chi connectivity index (χ1n) is 9.84. The fourth-order valence-corrected chi connectivity index (χ4v) is 4.37. The average Bonchev–Trinajstić information content (AvgIpc) is 3.40. The van der Waals surface area contributed by atoms with Crippen LogP contribution in [0.5, 0.6) is 0 Å².